The van der Waals surface area contributed by atoms with Crippen LogP contribution in [-0.4, -0.2) is 9.97 Å². The molecule has 1 aromatic heterocycles. The molecule has 0 unspecified atom stereocenters. The van der Waals surface area contributed by atoms with Crippen LogP contribution in [0.1, 0.15) is 5.69 Å². The van der Waals surface area contributed by atoms with Crippen LogP contribution < -0.4 is 10.5 Å². The highest BCUT2D eigenvalue weighted by molar-refractivity contribution is 9.10. The van der Waals surface area contributed by atoms with Crippen molar-refractivity contribution in [1.29, 1.82) is 0 Å². The maximum Gasteiger partial charge on any atom is 0.156 e. The lowest BCUT2D eigenvalue weighted by atomic mass is 10.3. The maximum absolute atomic E-state index is 5.72. The number of hydrogen-bond acceptors (Lipinski definition) is 3. The smallest absolute Gasteiger partial charge is 0.156 e. The first-order chi connectivity index (χ1) is 8.18. The zero-order valence-electron chi connectivity index (χ0n) is 8.76. The van der Waals surface area contributed by atoms with E-state index in [1.165, 1.54) is 0 Å². The van der Waals surface area contributed by atoms with Crippen molar-refractivity contribution in [2.75, 3.05) is 0 Å². The highest BCUT2D eigenvalue weighted by Crippen LogP contribution is 2.30. The highest BCUT2D eigenvalue weighted by Gasteiger charge is 2.09. The van der Waals surface area contributed by atoms with E-state index in [1.807, 2.05) is 24.3 Å². The molecule has 0 bridgehead atoms. The normalized spacial score (nSPS) is 9.94. The molecule has 3 nitrogen and oxygen atoms in total. The number of hydrogen-bond donors (Lipinski definition) is 1. The van der Waals surface area contributed by atoms with Crippen molar-refractivity contribution in [2.45, 2.75) is 0 Å². The first-order valence-electron chi connectivity index (χ1n) is 4.85. The summed E-state index contributed by atoms with van der Waals surface area (Å²) in [7, 11) is 0. The van der Waals surface area contributed by atoms with Crippen molar-refractivity contribution in [3.63, 3.8) is 0 Å². The van der Waals surface area contributed by atoms with E-state index in [0.717, 1.165) is 4.47 Å². The molecule has 0 fully saturated rings. The molecule has 0 aliphatic carbocycles. The third-order valence-corrected chi connectivity index (χ3v) is 2.91. The van der Waals surface area contributed by atoms with Crippen LogP contribution in [0.25, 0.3) is 0 Å². The molecule has 2 rings (SSSR count). The van der Waals surface area contributed by atoms with E-state index in [-0.39, 0.29) is 4.99 Å². The van der Waals surface area contributed by atoms with Gasteiger partial charge in [-0.15, -0.1) is 0 Å². The van der Waals surface area contributed by atoms with Gasteiger partial charge in [-0.05, 0) is 40.2 Å². The zero-order chi connectivity index (χ0) is 12.3. The predicted molar refractivity (Wildman–Crippen MR) is 74.3 cm³/mol. The summed E-state index contributed by atoms with van der Waals surface area (Å²) in [4.78, 5) is 4.31. The quantitative estimate of drug-likeness (QED) is 0.884. The summed E-state index contributed by atoms with van der Waals surface area (Å²) in [6.07, 6.45) is 1.63. The van der Waals surface area contributed by atoms with E-state index in [9.17, 15) is 0 Å². The van der Waals surface area contributed by atoms with Gasteiger partial charge in [-0.1, -0.05) is 24.4 Å². The minimum absolute atomic E-state index is 0.215. The minimum Gasteiger partial charge on any atom is -0.454 e. The van der Waals surface area contributed by atoms with Crippen LogP contribution in [0.5, 0.6) is 11.5 Å². The average molecular weight is 309 g/mol. The van der Waals surface area contributed by atoms with Crippen molar-refractivity contribution in [1.82, 2.24) is 4.98 Å². The SMILES string of the molecule is NC(=S)c1ncccc1Oc1ccccc1Br. The molecule has 5 heteroatoms. The van der Waals surface area contributed by atoms with Crippen molar-refractivity contribution in [3.05, 3.63) is 52.8 Å². The third-order valence-electron chi connectivity index (χ3n) is 2.06. The molecule has 1 heterocycles. The summed E-state index contributed by atoms with van der Waals surface area (Å²) in [6.45, 7) is 0. The number of ether oxygens (including phenoxy) is 1. The Kier molecular flexibility index (Phi) is 3.71. The molecule has 1 aromatic carbocycles. The van der Waals surface area contributed by atoms with Gasteiger partial charge in [0.05, 0.1) is 4.47 Å². The second-order valence-corrected chi connectivity index (χ2v) is 4.54. The predicted octanol–water partition coefficient (Wildman–Crippen LogP) is 3.27. The summed E-state index contributed by atoms with van der Waals surface area (Å²) in [5.41, 5.74) is 6.07. The van der Waals surface area contributed by atoms with Crippen molar-refractivity contribution >= 4 is 33.1 Å². The fraction of sp³-hybridized carbons (Fsp3) is 0. The van der Waals surface area contributed by atoms with E-state index >= 15 is 0 Å². The van der Waals surface area contributed by atoms with Gasteiger partial charge in [-0.3, -0.25) is 0 Å². The van der Waals surface area contributed by atoms with Gasteiger partial charge in [-0.25, -0.2) is 4.98 Å². The maximum atomic E-state index is 5.72. The van der Waals surface area contributed by atoms with Crippen LogP contribution in [-0.2, 0) is 0 Å². The zero-order valence-corrected chi connectivity index (χ0v) is 11.2. The fourth-order valence-electron chi connectivity index (χ4n) is 1.30. The Morgan fingerprint density at radius 1 is 1.18 bits per heavy atom. The van der Waals surface area contributed by atoms with Gasteiger partial charge in [0.25, 0.3) is 0 Å². The number of nitrogens with zero attached hydrogens (tertiary/aromatic N) is 1. The lowest BCUT2D eigenvalue weighted by Gasteiger charge is -2.10. The molecule has 0 saturated carbocycles. The Bertz CT molecular complexity index is 560. The van der Waals surface area contributed by atoms with E-state index in [2.05, 4.69) is 20.9 Å². The van der Waals surface area contributed by atoms with Gasteiger partial charge in [-0.2, -0.15) is 0 Å². The van der Waals surface area contributed by atoms with Crippen molar-refractivity contribution in [3.8, 4) is 11.5 Å². The number of nitrogens with two attached hydrogens (primary N) is 1. The summed E-state index contributed by atoms with van der Waals surface area (Å²) >= 11 is 8.33. The molecular weight excluding hydrogens is 300 g/mol. The van der Waals surface area contributed by atoms with Gasteiger partial charge in [0, 0.05) is 6.20 Å². The van der Waals surface area contributed by atoms with Crippen LogP contribution in [0.3, 0.4) is 0 Å². The molecule has 86 valence electrons. The van der Waals surface area contributed by atoms with Crippen LogP contribution in [0, 0.1) is 0 Å². The number of para-hydroxylation sites is 1. The first-order valence-corrected chi connectivity index (χ1v) is 6.06. The molecule has 0 amide bonds. The van der Waals surface area contributed by atoms with Gasteiger partial charge in [0.1, 0.15) is 16.4 Å². The Hall–Kier alpha value is -1.46. The number of rotatable bonds is 3. The average Bonchev–Trinajstić information content (AvgIpc) is 2.32. The van der Waals surface area contributed by atoms with E-state index in [0.29, 0.717) is 17.2 Å². The molecule has 0 aliphatic heterocycles. The summed E-state index contributed by atoms with van der Waals surface area (Å²) < 4.78 is 6.58. The molecule has 0 aliphatic rings. The molecule has 17 heavy (non-hydrogen) atoms. The first kappa shape index (κ1) is 12.0. The lowest BCUT2D eigenvalue weighted by molar-refractivity contribution is 0.476. The highest BCUT2D eigenvalue weighted by atomic mass is 79.9. The van der Waals surface area contributed by atoms with Crippen LogP contribution >= 0.6 is 28.1 Å². The van der Waals surface area contributed by atoms with Crippen LogP contribution in [0.2, 0.25) is 0 Å². The topological polar surface area (TPSA) is 48.1 Å². The molecule has 0 atom stereocenters. The van der Waals surface area contributed by atoms with Crippen LogP contribution in [0.4, 0.5) is 0 Å². The Morgan fingerprint density at radius 3 is 2.59 bits per heavy atom. The van der Waals surface area contributed by atoms with Gasteiger partial charge in [0.15, 0.2) is 5.75 Å². The molecule has 2 aromatic rings. The lowest BCUT2D eigenvalue weighted by Crippen LogP contribution is -2.12. The van der Waals surface area contributed by atoms with Gasteiger partial charge in [0.2, 0.25) is 0 Å². The largest absolute Gasteiger partial charge is 0.454 e. The van der Waals surface area contributed by atoms with Crippen molar-refractivity contribution in [2.24, 2.45) is 5.73 Å². The second kappa shape index (κ2) is 5.25. The number of aromatic nitrogens is 1. The third kappa shape index (κ3) is 2.81. The second-order valence-electron chi connectivity index (χ2n) is 3.25. The van der Waals surface area contributed by atoms with Crippen molar-refractivity contribution < 1.29 is 4.74 Å². The Balaban J connectivity index is 2.37. The van der Waals surface area contributed by atoms with E-state index in [4.69, 9.17) is 22.7 Å². The van der Waals surface area contributed by atoms with Gasteiger partial charge >= 0.3 is 0 Å². The fourth-order valence-corrected chi connectivity index (χ4v) is 1.82. The minimum atomic E-state index is 0.215. The summed E-state index contributed by atoms with van der Waals surface area (Å²) in [5, 5.41) is 0. The molecule has 2 N–H and O–H groups in total. The molecular formula is C12H9BrN2OS. The molecule has 0 spiro atoms. The summed E-state index contributed by atoms with van der Waals surface area (Å²) in [5.74, 6) is 1.24. The number of halogens is 1. The van der Waals surface area contributed by atoms with Crippen LogP contribution in [0.15, 0.2) is 47.1 Å². The van der Waals surface area contributed by atoms with Gasteiger partial charge < -0.3 is 10.5 Å². The summed E-state index contributed by atoms with van der Waals surface area (Å²) in [6, 6.07) is 11.1. The molecule has 0 radical (unpaired) electrons. The molecule has 0 saturated heterocycles. The Labute approximate surface area is 113 Å². The standard InChI is InChI=1S/C12H9BrN2OS/c13-8-4-1-2-5-9(8)16-10-6-3-7-15-11(10)12(14)17/h1-7H,(H2,14,17). The monoisotopic (exact) mass is 308 g/mol. The number of pyridine rings is 1. The van der Waals surface area contributed by atoms with E-state index < -0.39 is 0 Å². The van der Waals surface area contributed by atoms with E-state index in [1.54, 1.807) is 18.3 Å². The Morgan fingerprint density at radius 2 is 1.88 bits per heavy atom. The number of benzene rings is 1. The number of thiocarbonyl (C=S) groups is 1.